The van der Waals surface area contributed by atoms with E-state index in [1.807, 2.05) is 0 Å². The number of alkyl halides is 3. The number of hydrogen-bond donors (Lipinski definition) is 0. The molecule has 15 heavy (non-hydrogen) atoms. The lowest BCUT2D eigenvalue weighted by molar-refractivity contribution is 0.185. The van der Waals surface area contributed by atoms with Crippen LogP contribution in [0.25, 0.3) is 0 Å². The van der Waals surface area contributed by atoms with Crippen molar-refractivity contribution in [3.8, 4) is 0 Å². The first kappa shape index (κ1) is 14.4. The molecule has 1 saturated carbocycles. The van der Waals surface area contributed by atoms with Crippen molar-refractivity contribution in [3.05, 3.63) is 0 Å². The third-order valence-electron chi connectivity index (χ3n) is 2.56. The van der Waals surface area contributed by atoms with E-state index >= 15 is 0 Å². The van der Waals surface area contributed by atoms with Gasteiger partial charge in [-0.2, -0.15) is 8.42 Å². The van der Waals surface area contributed by atoms with E-state index in [-0.39, 0.29) is 11.3 Å². The average molecular weight is 429 g/mol. The summed E-state index contributed by atoms with van der Waals surface area (Å²) in [6.07, 6.45) is 1.56. The van der Waals surface area contributed by atoms with Crippen LogP contribution >= 0.6 is 47.8 Å². The summed E-state index contributed by atoms with van der Waals surface area (Å²) < 4.78 is 26.7. The average Bonchev–Trinajstić information content (AvgIpc) is 2.50. The van der Waals surface area contributed by atoms with E-state index in [0.717, 1.165) is 12.7 Å². The van der Waals surface area contributed by atoms with E-state index in [1.54, 1.807) is 0 Å². The summed E-state index contributed by atoms with van der Waals surface area (Å²) >= 11 is 10.0. The van der Waals surface area contributed by atoms with E-state index in [0.29, 0.717) is 0 Å². The van der Waals surface area contributed by atoms with E-state index < -0.39 is 18.4 Å². The lowest BCUT2D eigenvalue weighted by Gasteiger charge is -2.25. The summed E-state index contributed by atoms with van der Waals surface area (Å²) in [7, 11) is -3.45. The maximum absolute atomic E-state index is 11.1. The molecule has 1 aliphatic rings. The Bertz CT molecular complexity index is 345. The van der Waals surface area contributed by atoms with Crippen LogP contribution in [0.1, 0.15) is 20.3 Å². The quantitative estimate of drug-likeness (QED) is 0.512. The number of halogens is 3. The highest BCUT2D eigenvalue weighted by Gasteiger charge is 2.56. The summed E-state index contributed by atoms with van der Waals surface area (Å²) in [6, 6.07) is 0. The zero-order valence-electron chi connectivity index (χ0n) is 8.63. The van der Waals surface area contributed by atoms with Crippen LogP contribution in [0, 0.1) is 11.3 Å². The van der Waals surface area contributed by atoms with Gasteiger partial charge in [0, 0.05) is 0 Å². The molecule has 0 bridgehead atoms. The van der Waals surface area contributed by atoms with Crippen LogP contribution in [0.15, 0.2) is 0 Å². The normalized spacial score (nSPS) is 27.5. The third kappa shape index (κ3) is 4.26. The van der Waals surface area contributed by atoms with Gasteiger partial charge in [-0.05, 0) is 17.8 Å². The largest absolute Gasteiger partial charge is 0.264 e. The van der Waals surface area contributed by atoms with Crippen molar-refractivity contribution in [2.75, 3.05) is 6.26 Å². The second-order valence-electron chi connectivity index (χ2n) is 4.56. The molecule has 0 heterocycles. The summed E-state index contributed by atoms with van der Waals surface area (Å²) in [5.74, 6) is 0.213. The minimum atomic E-state index is -3.45. The standard InChI is InChI=1S/C8H13Br3O3S/c1-7(2)4-5(7)6(8(9,10)11)14-15(3,12)13/h5-6H,4H2,1-3H3. The highest BCUT2D eigenvalue weighted by atomic mass is 80.0. The molecule has 0 aromatic rings. The Balaban J connectivity index is 2.82. The van der Waals surface area contributed by atoms with Crippen molar-refractivity contribution in [1.82, 2.24) is 0 Å². The summed E-state index contributed by atoms with van der Waals surface area (Å²) in [5.41, 5.74) is 0.135. The second kappa shape index (κ2) is 4.23. The smallest absolute Gasteiger partial charge is 0.263 e. The van der Waals surface area contributed by atoms with Gasteiger partial charge < -0.3 is 0 Å². The van der Waals surface area contributed by atoms with Crippen molar-refractivity contribution in [2.45, 2.75) is 28.5 Å². The highest BCUT2D eigenvalue weighted by molar-refractivity contribution is 9.39. The fourth-order valence-corrected chi connectivity index (χ4v) is 3.83. The van der Waals surface area contributed by atoms with Gasteiger partial charge in [0.1, 0.15) is 6.10 Å². The lowest BCUT2D eigenvalue weighted by Crippen LogP contribution is -2.33. The molecule has 0 aliphatic heterocycles. The van der Waals surface area contributed by atoms with E-state index in [9.17, 15) is 8.42 Å². The van der Waals surface area contributed by atoms with Crippen LogP contribution in [0.4, 0.5) is 0 Å². The molecule has 0 aromatic heterocycles. The second-order valence-corrected chi connectivity index (χ2v) is 13.1. The molecule has 3 nitrogen and oxygen atoms in total. The first-order valence-corrected chi connectivity index (χ1v) is 8.58. The molecule has 0 radical (unpaired) electrons. The van der Waals surface area contributed by atoms with Crippen molar-refractivity contribution >= 4 is 57.9 Å². The van der Waals surface area contributed by atoms with Gasteiger partial charge in [0.05, 0.1) is 6.26 Å². The monoisotopic (exact) mass is 426 g/mol. The highest BCUT2D eigenvalue weighted by Crippen LogP contribution is 2.59. The number of hydrogen-bond acceptors (Lipinski definition) is 3. The van der Waals surface area contributed by atoms with Crippen molar-refractivity contribution in [3.63, 3.8) is 0 Å². The Labute approximate surface area is 116 Å². The first-order valence-electron chi connectivity index (χ1n) is 4.38. The minimum absolute atomic E-state index is 0.135. The molecule has 0 spiro atoms. The van der Waals surface area contributed by atoms with Crippen LogP contribution < -0.4 is 0 Å². The van der Waals surface area contributed by atoms with Gasteiger partial charge >= 0.3 is 0 Å². The van der Waals surface area contributed by atoms with Gasteiger partial charge in [-0.25, -0.2) is 0 Å². The van der Waals surface area contributed by atoms with E-state index in [2.05, 4.69) is 61.6 Å². The Kier molecular flexibility index (Phi) is 4.06. The molecule has 0 amide bonds. The molecule has 90 valence electrons. The minimum Gasteiger partial charge on any atom is -0.263 e. The van der Waals surface area contributed by atoms with Gasteiger partial charge in [0.25, 0.3) is 10.1 Å². The Morgan fingerprint density at radius 2 is 1.80 bits per heavy atom. The predicted molar refractivity (Wildman–Crippen MR) is 71.1 cm³/mol. The van der Waals surface area contributed by atoms with Gasteiger partial charge in [0.2, 0.25) is 0 Å². The molecule has 2 atom stereocenters. The predicted octanol–water partition coefficient (Wildman–Crippen LogP) is 3.22. The Hall–Kier alpha value is 1.35. The molecule has 0 saturated heterocycles. The van der Waals surface area contributed by atoms with E-state index in [4.69, 9.17) is 4.18 Å². The van der Waals surface area contributed by atoms with Gasteiger partial charge in [0.15, 0.2) is 2.14 Å². The fraction of sp³-hybridized carbons (Fsp3) is 1.00. The van der Waals surface area contributed by atoms with Gasteiger partial charge in [-0.15, -0.1) is 0 Å². The van der Waals surface area contributed by atoms with E-state index in [1.165, 1.54) is 0 Å². The summed E-state index contributed by atoms with van der Waals surface area (Å²) in [5, 5.41) is 0. The van der Waals surface area contributed by atoms with Gasteiger partial charge in [-0.1, -0.05) is 61.6 Å². The van der Waals surface area contributed by atoms with Crippen molar-refractivity contribution in [1.29, 1.82) is 0 Å². The molecule has 2 unspecified atom stereocenters. The molecule has 1 fully saturated rings. The molecule has 0 aromatic carbocycles. The van der Waals surface area contributed by atoms with Crippen molar-refractivity contribution < 1.29 is 12.6 Å². The fourth-order valence-electron chi connectivity index (χ4n) is 1.56. The van der Waals surface area contributed by atoms with Crippen LogP contribution in [0.5, 0.6) is 0 Å². The van der Waals surface area contributed by atoms with Crippen LogP contribution in [-0.4, -0.2) is 22.9 Å². The summed E-state index contributed by atoms with van der Waals surface area (Å²) in [6.45, 7) is 4.18. The van der Waals surface area contributed by atoms with Crippen LogP contribution in [-0.2, 0) is 14.3 Å². The SMILES string of the molecule is CC1(C)CC1C(OS(C)(=O)=O)C(Br)(Br)Br. The third-order valence-corrected chi connectivity index (χ3v) is 4.47. The van der Waals surface area contributed by atoms with Crippen LogP contribution in [0.3, 0.4) is 0 Å². The molecule has 7 heteroatoms. The van der Waals surface area contributed by atoms with Gasteiger partial charge in [-0.3, -0.25) is 4.18 Å². The maximum atomic E-state index is 11.1. The lowest BCUT2D eigenvalue weighted by atomic mass is 10.1. The molecular formula is C8H13Br3O3S. The molecule has 1 rings (SSSR count). The zero-order valence-corrected chi connectivity index (χ0v) is 14.2. The molecule has 0 N–H and O–H groups in total. The summed E-state index contributed by atoms with van der Waals surface area (Å²) in [4.78, 5) is 0. The van der Waals surface area contributed by atoms with Crippen LogP contribution in [0.2, 0.25) is 0 Å². The zero-order chi connectivity index (χ0) is 12.1. The Morgan fingerprint density at radius 1 is 1.40 bits per heavy atom. The Morgan fingerprint density at radius 3 is 2.00 bits per heavy atom. The number of rotatable bonds is 3. The first-order chi connectivity index (χ1) is 6.43. The topological polar surface area (TPSA) is 43.4 Å². The van der Waals surface area contributed by atoms with Crippen molar-refractivity contribution in [2.24, 2.45) is 11.3 Å². The maximum Gasteiger partial charge on any atom is 0.264 e. The molecule has 1 aliphatic carbocycles. The molecular weight excluding hydrogens is 416 g/mol.